The van der Waals surface area contributed by atoms with Crippen LogP contribution in [-0.4, -0.2) is 43.7 Å². The van der Waals surface area contributed by atoms with Crippen LogP contribution in [0.25, 0.3) is 0 Å². The number of hydrazine groups is 1. The highest BCUT2D eigenvalue weighted by molar-refractivity contribution is 7.85. The van der Waals surface area contributed by atoms with Crippen molar-refractivity contribution in [1.29, 1.82) is 0 Å². The molecule has 1 aromatic heterocycles. The minimum atomic E-state index is -0.860. The molecular weight excluding hydrogens is 272 g/mol. The van der Waals surface area contributed by atoms with Crippen LogP contribution in [-0.2, 0) is 10.8 Å². The molecule has 0 aliphatic carbocycles. The number of aryl methyl sites for hydroxylation is 1. The van der Waals surface area contributed by atoms with Crippen LogP contribution in [0.1, 0.15) is 5.69 Å². The maximum absolute atomic E-state index is 11.3. The lowest BCUT2D eigenvalue weighted by atomic mass is 10.3. The van der Waals surface area contributed by atoms with E-state index in [2.05, 4.69) is 15.4 Å². The van der Waals surface area contributed by atoms with Crippen molar-refractivity contribution < 1.29 is 9.13 Å². The van der Waals surface area contributed by atoms with Crippen LogP contribution in [0.4, 0.5) is 17.5 Å². The molecule has 0 radical (unpaired) electrons. The van der Waals surface area contributed by atoms with E-state index in [0.717, 1.165) is 0 Å². The van der Waals surface area contributed by atoms with Gasteiger partial charge in [0.15, 0.2) is 0 Å². The van der Waals surface area contributed by atoms with Gasteiger partial charge in [-0.3, -0.25) is 19.7 Å². The van der Waals surface area contributed by atoms with Gasteiger partial charge < -0.3 is 4.90 Å². The molecule has 1 aromatic rings. The second kappa shape index (κ2) is 5.45. The van der Waals surface area contributed by atoms with E-state index in [1.807, 2.05) is 0 Å². The van der Waals surface area contributed by atoms with Gasteiger partial charge in [-0.25, -0.2) is 10.8 Å². The third-order valence-corrected chi connectivity index (χ3v) is 4.10. The van der Waals surface area contributed by atoms with Crippen LogP contribution in [0.5, 0.6) is 0 Å². The molecule has 0 saturated carbocycles. The Morgan fingerprint density at radius 3 is 2.58 bits per heavy atom. The van der Waals surface area contributed by atoms with Gasteiger partial charge in [0, 0.05) is 35.4 Å². The monoisotopic (exact) mass is 286 g/mol. The zero-order valence-corrected chi connectivity index (χ0v) is 11.1. The molecule has 10 heteroatoms. The first-order chi connectivity index (χ1) is 9.02. The quantitative estimate of drug-likeness (QED) is 0.434. The smallest absolute Gasteiger partial charge is 0.332 e. The Morgan fingerprint density at radius 1 is 1.42 bits per heavy atom. The molecule has 0 unspecified atom stereocenters. The second-order valence-electron chi connectivity index (χ2n) is 4.04. The Kier molecular flexibility index (Phi) is 3.90. The first kappa shape index (κ1) is 13.6. The van der Waals surface area contributed by atoms with E-state index >= 15 is 0 Å². The molecule has 1 saturated heterocycles. The van der Waals surface area contributed by atoms with E-state index < -0.39 is 15.7 Å². The highest BCUT2D eigenvalue weighted by Crippen LogP contribution is 2.30. The van der Waals surface area contributed by atoms with E-state index in [0.29, 0.717) is 24.6 Å². The van der Waals surface area contributed by atoms with Crippen LogP contribution in [0.3, 0.4) is 0 Å². The SMILES string of the molecule is Cc1nc(NN)nc(N2CCS(=O)CC2)c1[N+](=O)[O-]. The number of rotatable bonds is 3. The van der Waals surface area contributed by atoms with Crippen LogP contribution in [0.15, 0.2) is 0 Å². The van der Waals surface area contributed by atoms with Crippen LogP contribution in [0, 0.1) is 17.0 Å². The summed E-state index contributed by atoms with van der Waals surface area (Å²) in [7, 11) is -0.860. The molecule has 1 fully saturated rings. The Balaban J connectivity index is 2.44. The minimum absolute atomic E-state index is 0.129. The number of anilines is 2. The van der Waals surface area contributed by atoms with Gasteiger partial charge in [-0.15, -0.1) is 0 Å². The van der Waals surface area contributed by atoms with Crippen molar-refractivity contribution in [1.82, 2.24) is 9.97 Å². The summed E-state index contributed by atoms with van der Waals surface area (Å²) < 4.78 is 11.3. The predicted molar refractivity (Wildman–Crippen MR) is 71.3 cm³/mol. The molecule has 1 aliphatic rings. The predicted octanol–water partition coefficient (Wildman–Crippen LogP) is -0.452. The van der Waals surface area contributed by atoms with E-state index in [1.165, 1.54) is 6.92 Å². The summed E-state index contributed by atoms with van der Waals surface area (Å²) >= 11 is 0. The van der Waals surface area contributed by atoms with E-state index in [4.69, 9.17) is 5.84 Å². The summed E-state index contributed by atoms with van der Waals surface area (Å²) in [5, 5.41) is 11.1. The molecule has 9 nitrogen and oxygen atoms in total. The molecule has 0 atom stereocenters. The van der Waals surface area contributed by atoms with Crippen molar-refractivity contribution >= 4 is 28.3 Å². The molecule has 3 N–H and O–H groups in total. The van der Waals surface area contributed by atoms with Gasteiger partial charge in [0.05, 0.1) is 4.92 Å². The van der Waals surface area contributed by atoms with Crippen LogP contribution < -0.4 is 16.2 Å². The first-order valence-corrected chi connectivity index (χ1v) is 7.11. The normalized spacial score (nSPS) is 16.4. The van der Waals surface area contributed by atoms with Crippen molar-refractivity contribution in [3.05, 3.63) is 15.8 Å². The number of hydrogen-bond donors (Lipinski definition) is 2. The number of nitrogens with one attached hydrogen (secondary N) is 1. The zero-order valence-electron chi connectivity index (χ0n) is 10.3. The van der Waals surface area contributed by atoms with Crippen molar-refractivity contribution in [3.63, 3.8) is 0 Å². The van der Waals surface area contributed by atoms with Crippen molar-refractivity contribution in [2.24, 2.45) is 5.84 Å². The number of nitrogens with two attached hydrogens (primary N) is 1. The minimum Gasteiger partial charge on any atom is -0.349 e. The Labute approximate surface area is 111 Å². The number of hydrogen-bond acceptors (Lipinski definition) is 8. The standard InChI is InChI=1S/C9H14N6O3S/c1-6-7(15(16)17)8(12-9(11-6)13-10)14-2-4-19(18)5-3-14/h2-5,10H2,1H3,(H,11,12,13). The summed E-state index contributed by atoms with van der Waals surface area (Å²) in [6, 6.07) is 0. The zero-order chi connectivity index (χ0) is 14.0. The Hall–Kier alpha value is -1.81. The van der Waals surface area contributed by atoms with E-state index in [-0.39, 0.29) is 23.1 Å². The third-order valence-electron chi connectivity index (χ3n) is 2.83. The second-order valence-corrected chi connectivity index (χ2v) is 5.74. The molecule has 19 heavy (non-hydrogen) atoms. The Morgan fingerprint density at radius 2 is 2.05 bits per heavy atom. The molecular formula is C9H14N6O3S. The molecule has 104 valence electrons. The lowest BCUT2D eigenvalue weighted by Gasteiger charge is -2.27. The molecule has 0 aromatic carbocycles. The summed E-state index contributed by atoms with van der Waals surface area (Å²) in [5.41, 5.74) is 2.40. The van der Waals surface area contributed by atoms with Gasteiger partial charge in [0.25, 0.3) is 0 Å². The number of nitro groups is 1. The molecule has 0 bridgehead atoms. The van der Waals surface area contributed by atoms with Crippen molar-refractivity contribution in [2.75, 3.05) is 34.9 Å². The topological polar surface area (TPSA) is 127 Å². The molecule has 2 rings (SSSR count). The molecule has 0 spiro atoms. The number of aromatic nitrogens is 2. The van der Waals surface area contributed by atoms with Gasteiger partial charge in [0.2, 0.25) is 11.8 Å². The number of nitrogens with zero attached hydrogens (tertiary/aromatic N) is 4. The van der Waals surface area contributed by atoms with Gasteiger partial charge in [-0.1, -0.05) is 0 Å². The average molecular weight is 286 g/mol. The van der Waals surface area contributed by atoms with Crippen LogP contribution in [0.2, 0.25) is 0 Å². The lowest BCUT2D eigenvalue weighted by Crippen LogP contribution is -2.39. The van der Waals surface area contributed by atoms with E-state index in [9.17, 15) is 14.3 Å². The van der Waals surface area contributed by atoms with Gasteiger partial charge in [-0.2, -0.15) is 4.98 Å². The summed E-state index contributed by atoms with van der Waals surface area (Å²) in [6.45, 7) is 2.47. The number of nitrogen functional groups attached to an aromatic ring is 1. The van der Waals surface area contributed by atoms with Crippen molar-refractivity contribution in [3.8, 4) is 0 Å². The fourth-order valence-corrected chi connectivity index (χ4v) is 2.95. The first-order valence-electron chi connectivity index (χ1n) is 5.62. The highest BCUT2D eigenvalue weighted by Gasteiger charge is 2.28. The van der Waals surface area contributed by atoms with Gasteiger partial charge in [0.1, 0.15) is 5.69 Å². The summed E-state index contributed by atoms with van der Waals surface area (Å²) in [4.78, 5) is 20.3. The maximum Gasteiger partial charge on any atom is 0.332 e. The van der Waals surface area contributed by atoms with Gasteiger partial charge in [-0.05, 0) is 6.92 Å². The van der Waals surface area contributed by atoms with E-state index in [1.54, 1.807) is 4.90 Å². The summed E-state index contributed by atoms with van der Waals surface area (Å²) in [6.07, 6.45) is 0. The maximum atomic E-state index is 11.3. The molecule has 2 heterocycles. The lowest BCUT2D eigenvalue weighted by molar-refractivity contribution is -0.385. The third kappa shape index (κ3) is 2.79. The highest BCUT2D eigenvalue weighted by atomic mass is 32.2. The summed E-state index contributed by atoms with van der Waals surface area (Å²) in [5.74, 6) is 6.56. The Bertz CT molecular complexity index is 527. The average Bonchev–Trinajstić information content (AvgIpc) is 2.38. The largest absolute Gasteiger partial charge is 0.349 e. The fourth-order valence-electron chi connectivity index (χ4n) is 1.90. The fraction of sp³-hybridized carbons (Fsp3) is 0.556. The van der Waals surface area contributed by atoms with Crippen molar-refractivity contribution in [2.45, 2.75) is 6.92 Å². The molecule has 0 amide bonds. The molecule has 1 aliphatic heterocycles. The van der Waals surface area contributed by atoms with Crippen LogP contribution >= 0.6 is 0 Å². The van der Waals surface area contributed by atoms with Gasteiger partial charge >= 0.3 is 5.69 Å².